The van der Waals surface area contributed by atoms with Gasteiger partial charge in [-0.05, 0) is 25.0 Å². The van der Waals surface area contributed by atoms with Gasteiger partial charge in [0.25, 0.3) is 0 Å². The second-order valence-corrected chi connectivity index (χ2v) is 6.92. The molecule has 1 saturated carbocycles. The van der Waals surface area contributed by atoms with Crippen LogP contribution in [-0.2, 0) is 4.74 Å². The monoisotopic (exact) mass is 385 g/mol. The van der Waals surface area contributed by atoms with Crippen LogP contribution in [0.25, 0.3) is 16.9 Å². The van der Waals surface area contributed by atoms with Gasteiger partial charge in [0, 0.05) is 43.2 Å². The van der Waals surface area contributed by atoms with Gasteiger partial charge >= 0.3 is 0 Å². The Morgan fingerprint density at radius 1 is 1.11 bits per heavy atom. The summed E-state index contributed by atoms with van der Waals surface area (Å²) in [5, 5.41) is 0.501. The Bertz CT molecular complexity index is 914. The fourth-order valence-electron chi connectivity index (χ4n) is 3.42. The van der Waals surface area contributed by atoms with Gasteiger partial charge in [-0.25, -0.2) is 15.0 Å². The number of hydrogen-bond acceptors (Lipinski definition) is 5. The van der Waals surface area contributed by atoms with Gasteiger partial charge in [0.2, 0.25) is 0 Å². The van der Waals surface area contributed by atoms with Crippen LogP contribution in [0.2, 0.25) is 5.15 Å². The highest BCUT2D eigenvalue weighted by molar-refractivity contribution is 6.29. The van der Waals surface area contributed by atoms with E-state index in [1.807, 2.05) is 44.6 Å². The Morgan fingerprint density at radius 3 is 2.56 bits per heavy atom. The molecular weight excluding hydrogens is 362 g/mol. The van der Waals surface area contributed by atoms with Crippen molar-refractivity contribution in [2.24, 2.45) is 0 Å². The number of ether oxygens (including phenoxy) is 1. The molecule has 7 heteroatoms. The zero-order valence-electron chi connectivity index (χ0n) is 15.7. The van der Waals surface area contributed by atoms with Crippen molar-refractivity contribution in [3.05, 3.63) is 41.6 Å². The summed E-state index contributed by atoms with van der Waals surface area (Å²) in [6, 6.07) is 3.84. The molecule has 0 amide bonds. The van der Waals surface area contributed by atoms with Gasteiger partial charge in [-0.15, -0.1) is 0 Å². The first-order chi connectivity index (χ1) is 13.3. The SMILES string of the molecule is CC.Clc1ccc(-c2c(C3CC3)nc3c(N4CCOCC4)nccn23)cn1. The molecule has 3 aromatic heterocycles. The van der Waals surface area contributed by atoms with E-state index < -0.39 is 0 Å². The molecule has 0 unspecified atom stereocenters. The van der Waals surface area contributed by atoms with E-state index in [1.165, 1.54) is 12.8 Å². The van der Waals surface area contributed by atoms with Crippen LogP contribution in [0.1, 0.15) is 38.3 Å². The number of halogens is 1. The van der Waals surface area contributed by atoms with Crippen LogP contribution in [0.3, 0.4) is 0 Å². The van der Waals surface area contributed by atoms with Crippen LogP contribution >= 0.6 is 11.6 Å². The van der Waals surface area contributed by atoms with Gasteiger partial charge in [0.1, 0.15) is 5.15 Å². The van der Waals surface area contributed by atoms with Crippen molar-refractivity contribution in [2.45, 2.75) is 32.6 Å². The van der Waals surface area contributed by atoms with E-state index >= 15 is 0 Å². The summed E-state index contributed by atoms with van der Waals surface area (Å²) in [5.74, 6) is 1.46. The third kappa shape index (κ3) is 3.51. The van der Waals surface area contributed by atoms with Gasteiger partial charge in [-0.3, -0.25) is 4.40 Å². The average Bonchev–Trinajstić information content (AvgIpc) is 3.51. The molecule has 1 saturated heterocycles. The van der Waals surface area contributed by atoms with E-state index in [9.17, 15) is 0 Å². The Labute approximate surface area is 164 Å². The minimum Gasteiger partial charge on any atom is -0.378 e. The summed E-state index contributed by atoms with van der Waals surface area (Å²) in [6.07, 6.45) is 8.05. The van der Waals surface area contributed by atoms with Crippen molar-refractivity contribution < 1.29 is 4.74 Å². The molecule has 27 heavy (non-hydrogen) atoms. The Balaban J connectivity index is 0.000000872. The van der Waals surface area contributed by atoms with Crippen LogP contribution in [0.4, 0.5) is 5.82 Å². The number of aromatic nitrogens is 4. The summed E-state index contributed by atoms with van der Waals surface area (Å²) < 4.78 is 7.62. The molecule has 1 aliphatic heterocycles. The van der Waals surface area contributed by atoms with E-state index in [0.717, 1.165) is 54.7 Å². The summed E-state index contributed by atoms with van der Waals surface area (Å²) in [6.45, 7) is 7.14. The summed E-state index contributed by atoms with van der Waals surface area (Å²) >= 11 is 5.97. The molecule has 6 nitrogen and oxygen atoms in total. The molecule has 0 N–H and O–H groups in total. The molecule has 1 aliphatic carbocycles. The molecule has 0 radical (unpaired) electrons. The van der Waals surface area contributed by atoms with Crippen LogP contribution in [0.15, 0.2) is 30.7 Å². The molecule has 0 atom stereocenters. The van der Waals surface area contributed by atoms with Gasteiger partial charge in [-0.1, -0.05) is 25.4 Å². The highest BCUT2D eigenvalue weighted by Crippen LogP contribution is 2.44. The summed E-state index contributed by atoms with van der Waals surface area (Å²) in [7, 11) is 0. The van der Waals surface area contributed by atoms with Crippen LogP contribution in [0, 0.1) is 0 Å². The topological polar surface area (TPSA) is 55.5 Å². The van der Waals surface area contributed by atoms with Gasteiger partial charge in [0.05, 0.1) is 24.6 Å². The Kier molecular flexibility index (Phi) is 5.27. The first-order valence-corrected chi connectivity index (χ1v) is 10.0. The molecule has 0 spiro atoms. The highest BCUT2D eigenvalue weighted by Gasteiger charge is 2.32. The van der Waals surface area contributed by atoms with E-state index in [1.54, 1.807) is 0 Å². The van der Waals surface area contributed by atoms with Crippen molar-refractivity contribution >= 4 is 23.1 Å². The number of imidazole rings is 1. The van der Waals surface area contributed by atoms with Crippen molar-refractivity contribution in [2.75, 3.05) is 31.2 Å². The average molecular weight is 386 g/mol. The van der Waals surface area contributed by atoms with Gasteiger partial charge in [0.15, 0.2) is 11.5 Å². The molecular formula is C20H24ClN5O. The Morgan fingerprint density at radius 2 is 1.89 bits per heavy atom. The fourth-order valence-corrected chi connectivity index (χ4v) is 3.54. The maximum absolute atomic E-state index is 5.97. The predicted molar refractivity (Wildman–Crippen MR) is 108 cm³/mol. The maximum atomic E-state index is 5.97. The first kappa shape index (κ1) is 18.2. The lowest BCUT2D eigenvalue weighted by atomic mass is 10.1. The second kappa shape index (κ2) is 7.82. The highest BCUT2D eigenvalue weighted by atomic mass is 35.5. The Hall–Kier alpha value is -2.18. The van der Waals surface area contributed by atoms with Gasteiger partial charge in [-0.2, -0.15) is 0 Å². The standard InChI is InChI=1S/C18H18ClN5O.C2H6/c19-14-4-3-13(11-21-14)16-15(12-1-2-12)22-18-17(20-5-6-24(16)18)23-7-9-25-10-8-23;1-2/h3-6,11-12H,1-2,7-10H2;1-2H3. The third-order valence-corrected chi connectivity index (χ3v) is 5.05. The normalized spacial score (nSPS) is 16.9. The van der Waals surface area contributed by atoms with E-state index in [2.05, 4.69) is 19.3 Å². The van der Waals surface area contributed by atoms with Crippen molar-refractivity contribution in [3.63, 3.8) is 0 Å². The van der Waals surface area contributed by atoms with Crippen LogP contribution in [0.5, 0.6) is 0 Å². The van der Waals surface area contributed by atoms with Crippen molar-refractivity contribution in [1.29, 1.82) is 0 Å². The number of morpholine rings is 1. The lowest BCUT2D eigenvalue weighted by Gasteiger charge is -2.27. The van der Waals surface area contributed by atoms with E-state index in [4.69, 9.17) is 21.3 Å². The quantitative estimate of drug-likeness (QED) is 0.633. The van der Waals surface area contributed by atoms with Crippen molar-refractivity contribution in [1.82, 2.24) is 19.4 Å². The maximum Gasteiger partial charge on any atom is 0.181 e. The first-order valence-electron chi connectivity index (χ1n) is 9.63. The predicted octanol–water partition coefficient (Wildman–Crippen LogP) is 4.18. The molecule has 2 fully saturated rings. The minimum atomic E-state index is 0.501. The summed E-state index contributed by atoms with van der Waals surface area (Å²) in [5.41, 5.74) is 4.21. The van der Waals surface area contributed by atoms with Crippen molar-refractivity contribution in [3.8, 4) is 11.3 Å². The minimum absolute atomic E-state index is 0.501. The smallest absolute Gasteiger partial charge is 0.181 e. The molecule has 2 aliphatic rings. The molecule has 3 aromatic rings. The molecule has 0 aromatic carbocycles. The lowest BCUT2D eigenvalue weighted by Crippen LogP contribution is -2.37. The molecule has 142 valence electrons. The molecule has 0 bridgehead atoms. The zero-order chi connectivity index (χ0) is 18.8. The van der Waals surface area contributed by atoms with Crippen LogP contribution < -0.4 is 4.90 Å². The second-order valence-electron chi connectivity index (χ2n) is 6.53. The number of rotatable bonds is 3. The largest absolute Gasteiger partial charge is 0.378 e. The summed E-state index contributed by atoms with van der Waals surface area (Å²) in [4.78, 5) is 16.1. The van der Waals surface area contributed by atoms with E-state index in [-0.39, 0.29) is 0 Å². The lowest BCUT2D eigenvalue weighted by molar-refractivity contribution is 0.122. The zero-order valence-corrected chi connectivity index (χ0v) is 16.5. The fraction of sp³-hybridized carbons (Fsp3) is 0.450. The van der Waals surface area contributed by atoms with Crippen LogP contribution in [-0.4, -0.2) is 45.7 Å². The van der Waals surface area contributed by atoms with Gasteiger partial charge < -0.3 is 9.64 Å². The number of fused-ring (bicyclic) bond motifs is 1. The van der Waals surface area contributed by atoms with E-state index in [0.29, 0.717) is 11.1 Å². The third-order valence-electron chi connectivity index (χ3n) is 4.83. The molecule has 5 rings (SSSR count). The number of pyridine rings is 1. The number of hydrogen-bond donors (Lipinski definition) is 0. The number of anilines is 1. The number of nitrogens with zero attached hydrogens (tertiary/aromatic N) is 5. The molecule has 4 heterocycles.